The van der Waals surface area contributed by atoms with Crippen LogP contribution in [0.4, 0.5) is 0 Å². The first-order valence-corrected chi connectivity index (χ1v) is 8.42. The van der Waals surface area contributed by atoms with E-state index in [1.54, 1.807) is 4.90 Å². The van der Waals surface area contributed by atoms with E-state index in [0.717, 1.165) is 31.5 Å². The summed E-state index contributed by atoms with van der Waals surface area (Å²) in [6.45, 7) is 4.64. The number of rotatable bonds is 5. The number of hydrogen-bond acceptors (Lipinski definition) is 5. The Bertz CT molecular complexity index is 671. The smallest absolute Gasteiger partial charge is 0.236 e. The third kappa shape index (κ3) is 4.20. The number of carbonyl (C=O) groups excluding carboxylic acids is 1. The molecule has 1 fully saturated rings. The molecule has 0 saturated carbocycles. The SMILES string of the molecule is Cc1noc(C2CCCN(CC(=O)N(C)Cc3ccccc3)C2)n1. The third-order valence-corrected chi connectivity index (χ3v) is 4.45. The Morgan fingerprint density at radius 3 is 2.88 bits per heavy atom. The predicted molar refractivity (Wildman–Crippen MR) is 90.4 cm³/mol. The quantitative estimate of drug-likeness (QED) is 0.842. The highest BCUT2D eigenvalue weighted by atomic mass is 16.5. The van der Waals surface area contributed by atoms with Crippen LogP contribution in [0.5, 0.6) is 0 Å². The molecule has 128 valence electrons. The monoisotopic (exact) mass is 328 g/mol. The summed E-state index contributed by atoms with van der Waals surface area (Å²) in [6, 6.07) is 10.1. The molecule has 0 spiro atoms. The summed E-state index contributed by atoms with van der Waals surface area (Å²) in [6.07, 6.45) is 2.08. The molecule has 6 nitrogen and oxygen atoms in total. The molecule has 6 heteroatoms. The Hall–Kier alpha value is -2.21. The molecule has 24 heavy (non-hydrogen) atoms. The van der Waals surface area contributed by atoms with Crippen molar-refractivity contribution in [3.05, 3.63) is 47.6 Å². The molecule has 0 N–H and O–H groups in total. The summed E-state index contributed by atoms with van der Waals surface area (Å²) in [5.74, 6) is 1.73. The van der Waals surface area contributed by atoms with Crippen molar-refractivity contribution < 1.29 is 9.32 Å². The number of carbonyl (C=O) groups is 1. The summed E-state index contributed by atoms with van der Waals surface area (Å²) in [4.78, 5) is 20.8. The number of amides is 1. The summed E-state index contributed by atoms with van der Waals surface area (Å²) < 4.78 is 5.30. The van der Waals surface area contributed by atoms with Gasteiger partial charge in [-0.05, 0) is 31.9 Å². The highest BCUT2D eigenvalue weighted by molar-refractivity contribution is 5.78. The second-order valence-corrected chi connectivity index (χ2v) is 6.49. The Morgan fingerprint density at radius 2 is 2.17 bits per heavy atom. The zero-order valence-electron chi connectivity index (χ0n) is 14.3. The van der Waals surface area contributed by atoms with Crippen LogP contribution in [0.2, 0.25) is 0 Å². The van der Waals surface area contributed by atoms with Gasteiger partial charge in [0.05, 0.1) is 12.5 Å². The van der Waals surface area contributed by atoms with Gasteiger partial charge in [-0.25, -0.2) is 0 Å². The molecular formula is C18H24N4O2. The lowest BCUT2D eigenvalue weighted by atomic mass is 9.98. The minimum Gasteiger partial charge on any atom is -0.340 e. The van der Waals surface area contributed by atoms with Crippen LogP contribution in [-0.4, -0.2) is 52.5 Å². The number of likely N-dealkylation sites (tertiary alicyclic amines) is 1. The summed E-state index contributed by atoms with van der Waals surface area (Å²) in [7, 11) is 1.86. The standard InChI is InChI=1S/C18H24N4O2/c1-14-19-18(24-20-14)16-9-6-10-22(12-16)13-17(23)21(2)11-15-7-4-3-5-8-15/h3-5,7-8,16H,6,9-13H2,1-2H3. The van der Waals surface area contributed by atoms with Crippen LogP contribution >= 0.6 is 0 Å². The van der Waals surface area contributed by atoms with Crippen LogP contribution in [0.25, 0.3) is 0 Å². The fourth-order valence-corrected chi connectivity index (χ4v) is 3.14. The van der Waals surface area contributed by atoms with Gasteiger partial charge in [-0.1, -0.05) is 35.5 Å². The van der Waals surface area contributed by atoms with Gasteiger partial charge in [0.15, 0.2) is 5.82 Å². The molecule has 0 bridgehead atoms. The largest absolute Gasteiger partial charge is 0.340 e. The van der Waals surface area contributed by atoms with E-state index in [9.17, 15) is 4.79 Å². The Labute approximate surface area is 142 Å². The Balaban J connectivity index is 1.53. The highest BCUT2D eigenvalue weighted by Gasteiger charge is 2.27. The van der Waals surface area contributed by atoms with Crippen molar-refractivity contribution in [3.63, 3.8) is 0 Å². The lowest BCUT2D eigenvalue weighted by molar-refractivity contribution is -0.132. The number of nitrogens with zero attached hydrogens (tertiary/aromatic N) is 4. The zero-order valence-corrected chi connectivity index (χ0v) is 14.3. The van der Waals surface area contributed by atoms with Crippen molar-refractivity contribution in [1.29, 1.82) is 0 Å². The molecular weight excluding hydrogens is 304 g/mol. The molecule has 2 aromatic rings. The van der Waals surface area contributed by atoms with Crippen molar-refractivity contribution >= 4 is 5.91 Å². The Kier molecular flexibility index (Phi) is 5.25. The van der Waals surface area contributed by atoms with Gasteiger partial charge in [-0.3, -0.25) is 9.69 Å². The predicted octanol–water partition coefficient (Wildman–Crippen LogP) is 2.22. The first-order valence-electron chi connectivity index (χ1n) is 8.42. The van der Waals surface area contributed by atoms with E-state index in [0.29, 0.717) is 24.8 Å². The minimum absolute atomic E-state index is 0.140. The van der Waals surface area contributed by atoms with E-state index in [-0.39, 0.29) is 11.8 Å². The van der Waals surface area contributed by atoms with E-state index in [1.165, 1.54) is 0 Å². The molecule has 2 heterocycles. The minimum atomic E-state index is 0.140. The fraction of sp³-hybridized carbons (Fsp3) is 0.500. The molecule has 1 aromatic carbocycles. The average molecular weight is 328 g/mol. The molecule has 1 unspecified atom stereocenters. The molecule has 1 aliphatic heterocycles. The number of aryl methyl sites for hydroxylation is 1. The van der Waals surface area contributed by atoms with Crippen molar-refractivity contribution in [2.75, 3.05) is 26.7 Å². The first kappa shape index (κ1) is 16.6. The number of piperidine rings is 1. The van der Waals surface area contributed by atoms with E-state index in [4.69, 9.17) is 4.52 Å². The average Bonchev–Trinajstić information content (AvgIpc) is 3.02. The van der Waals surface area contributed by atoms with E-state index in [2.05, 4.69) is 15.0 Å². The van der Waals surface area contributed by atoms with Gasteiger partial charge in [-0.2, -0.15) is 4.98 Å². The van der Waals surface area contributed by atoms with Crippen molar-refractivity contribution in [1.82, 2.24) is 19.9 Å². The molecule has 0 aliphatic carbocycles. The van der Waals surface area contributed by atoms with Crippen molar-refractivity contribution in [2.45, 2.75) is 32.2 Å². The van der Waals surface area contributed by atoms with E-state index >= 15 is 0 Å². The zero-order chi connectivity index (χ0) is 16.9. The molecule has 3 rings (SSSR count). The molecule has 1 atom stereocenters. The highest BCUT2D eigenvalue weighted by Crippen LogP contribution is 2.25. The summed E-state index contributed by atoms with van der Waals surface area (Å²) >= 11 is 0. The van der Waals surface area contributed by atoms with Crippen LogP contribution in [0.3, 0.4) is 0 Å². The summed E-state index contributed by atoms with van der Waals surface area (Å²) in [5, 5.41) is 3.87. The van der Waals surface area contributed by atoms with Crippen LogP contribution in [0, 0.1) is 6.92 Å². The van der Waals surface area contributed by atoms with E-state index < -0.39 is 0 Å². The lowest BCUT2D eigenvalue weighted by Crippen LogP contribution is -2.42. The lowest BCUT2D eigenvalue weighted by Gasteiger charge is -2.31. The van der Waals surface area contributed by atoms with Gasteiger partial charge < -0.3 is 9.42 Å². The van der Waals surface area contributed by atoms with Crippen LogP contribution in [-0.2, 0) is 11.3 Å². The van der Waals surface area contributed by atoms with Crippen LogP contribution < -0.4 is 0 Å². The number of benzene rings is 1. The second kappa shape index (κ2) is 7.57. The molecule has 0 radical (unpaired) electrons. The normalized spacial score (nSPS) is 18.5. The maximum Gasteiger partial charge on any atom is 0.236 e. The molecule has 1 aliphatic rings. The topological polar surface area (TPSA) is 62.5 Å². The van der Waals surface area contributed by atoms with Gasteiger partial charge in [0.2, 0.25) is 11.8 Å². The Morgan fingerprint density at radius 1 is 1.38 bits per heavy atom. The van der Waals surface area contributed by atoms with Crippen LogP contribution in [0.15, 0.2) is 34.9 Å². The number of likely N-dealkylation sites (N-methyl/N-ethyl adjacent to an activating group) is 1. The van der Waals surface area contributed by atoms with Gasteiger partial charge in [-0.15, -0.1) is 0 Å². The molecule has 1 aromatic heterocycles. The summed E-state index contributed by atoms with van der Waals surface area (Å²) in [5.41, 5.74) is 1.14. The second-order valence-electron chi connectivity index (χ2n) is 6.49. The number of hydrogen-bond donors (Lipinski definition) is 0. The maximum absolute atomic E-state index is 12.5. The van der Waals surface area contributed by atoms with E-state index in [1.807, 2.05) is 44.3 Å². The van der Waals surface area contributed by atoms with Crippen molar-refractivity contribution in [2.24, 2.45) is 0 Å². The van der Waals surface area contributed by atoms with Gasteiger partial charge in [0.1, 0.15) is 0 Å². The third-order valence-electron chi connectivity index (χ3n) is 4.45. The van der Waals surface area contributed by atoms with Gasteiger partial charge in [0, 0.05) is 20.1 Å². The fourth-order valence-electron chi connectivity index (χ4n) is 3.14. The molecule has 1 saturated heterocycles. The van der Waals surface area contributed by atoms with Crippen LogP contribution in [0.1, 0.15) is 36.0 Å². The van der Waals surface area contributed by atoms with Crippen molar-refractivity contribution in [3.8, 4) is 0 Å². The van der Waals surface area contributed by atoms with Gasteiger partial charge >= 0.3 is 0 Å². The molecule has 1 amide bonds. The van der Waals surface area contributed by atoms with Gasteiger partial charge in [0.25, 0.3) is 0 Å². The number of aromatic nitrogens is 2. The maximum atomic E-state index is 12.5. The first-order chi connectivity index (χ1) is 11.6.